The number of allylic oxidation sites excluding steroid dienone is 2. The fourth-order valence-electron chi connectivity index (χ4n) is 11.0. The quantitative estimate of drug-likeness (QED) is 0.147. The zero-order valence-electron chi connectivity index (χ0n) is 32.7. The molecule has 8 rings (SSSR count). The van der Waals surface area contributed by atoms with E-state index in [2.05, 4.69) is 131 Å². The second-order valence-corrected chi connectivity index (χ2v) is 60.2. The van der Waals surface area contributed by atoms with Gasteiger partial charge in [-0.2, -0.15) is 0 Å². The van der Waals surface area contributed by atoms with Crippen molar-refractivity contribution in [2.45, 2.75) is 124 Å². The number of rotatable bonds is 9. The van der Waals surface area contributed by atoms with Gasteiger partial charge in [-0.3, -0.25) is 0 Å². The number of hydrogen-bond donors (Lipinski definition) is 0. The molecule has 0 heterocycles. The van der Waals surface area contributed by atoms with Crippen LogP contribution in [-0.2, 0) is 15.6 Å². The topological polar surface area (TPSA) is 0 Å². The molecule has 4 aromatic rings. The van der Waals surface area contributed by atoms with Crippen molar-refractivity contribution in [1.29, 1.82) is 0 Å². The van der Waals surface area contributed by atoms with Crippen LogP contribution < -0.4 is 0 Å². The molecule has 4 aliphatic rings. The standard InChI is InChI=1S/C24H27.C23H25.C2H7Si.2ClH.Zr/c1-17(2)22-15-21-9-6-10-23(24(21)16-22)20-13-11-19(12-14-20)18-7-4-3-5-8-18;1-2-17-15-21-9-6-10-22(23(21)16-17)20-13-11-19(12-14-20)18-7-4-3-5-8-18;1-3-2;;;/h6,9-18H,3-5,7-8H2,1-2H3;6,9-16,18H,2-5,7-8H2,1H3;3H,1-2H3;2*1H;/q;;;;;+2/p-2. The van der Waals surface area contributed by atoms with Crippen molar-refractivity contribution in [3.05, 3.63) is 129 Å². The van der Waals surface area contributed by atoms with Crippen molar-refractivity contribution < 1.29 is 15.6 Å². The molecule has 2 fully saturated rings. The van der Waals surface area contributed by atoms with Gasteiger partial charge in [0.25, 0.3) is 0 Å². The maximum absolute atomic E-state index is 8.78. The van der Waals surface area contributed by atoms with Crippen LogP contribution in [0.2, 0.25) is 13.1 Å². The monoisotopic (exact) mass is 835 g/mol. The summed E-state index contributed by atoms with van der Waals surface area (Å²) >= 11 is -4.85. The van der Waals surface area contributed by atoms with Gasteiger partial charge in [-0.05, 0) is 0 Å². The van der Waals surface area contributed by atoms with Gasteiger partial charge in [0.15, 0.2) is 0 Å². The van der Waals surface area contributed by atoms with E-state index in [0.29, 0.717) is 17.8 Å². The van der Waals surface area contributed by atoms with Crippen molar-refractivity contribution >= 4 is 35.1 Å². The summed E-state index contributed by atoms with van der Waals surface area (Å²) < 4.78 is 0.219. The minimum atomic E-state index is -4.85. The van der Waals surface area contributed by atoms with Gasteiger partial charge in [-0.1, -0.05) is 0 Å². The van der Waals surface area contributed by atoms with Gasteiger partial charge in [-0.15, -0.1) is 0 Å². The van der Waals surface area contributed by atoms with Crippen LogP contribution in [0.1, 0.15) is 144 Å². The Bertz CT molecular complexity index is 2020. The van der Waals surface area contributed by atoms with Crippen LogP contribution in [0.15, 0.2) is 96.1 Å². The normalized spacial score (nSPS) is 21.6. The average molecular weight is 838 g/mol. The summed E-state index contributed by atoms with van der Waals surface area (Å²) in [6, 6.07) is 33.2. The van der Waals surface area contributed by atoms with Gasteiger partial charge in [0.1, 0.15) is 0 Å². The predicted molar refractivity (Wildman–Crippen MR) is 233 cm³/mol. The Morgan fingerprint density at radius 3 is 1.49 bits per heavy atom. The fraction of sp³-hybridized carbons (Fsp3) is 0.429. The molecule has 0 aliphatic heterocycles. The van der Waals surface area contributed by atoms with E-state index in [0.717, 1.165) is 6.42 Å². The van der Waals surface area contributed by atoms with Gasteiger partial charge in [-0.25, -0.2) is 0 Å². The van der Waals surface area contributed by atoms with Crippen LogP contribution >= 0.6 is 17.0 Å². The van der Waals surface area contributed by atoms with Crippen molar-refractivity contribution in [3.8, 4) is 22.3 Å². The number of benzene rings is 4. The Balaban J connectivity index is 1.21. The van der Waals surface area contributed by atoms with Gasteiger partial charge in [0.2, 0.25) is 0 Å². The molecule has 0 nitrogen and oxygen atoms in total. The summed E-state index contributed by atoms with van der Waals surface area (Å²) in [5.41, 5.74) is 16.7. The van der Waals surface area contributed by atoms with E-state index in [4.69, 9.17) is 17.0 Å². The Morgan fingerprint density at radius 2 is 1.06 bits per heavy atom. The second-order valence-electron chi connectivity index (χ2n) is 17.6. The molecule has 2 unspecified atom stereocenters. The van der Waals surface area contributed by atoms with E-state index in [1.54, 1.807) is 0 Å². The van der Waals surface area contributed by atoms with Crippen LogP contribution in [-0.4, -0.2) is 5.92 Å². The first-order valence-corrected chi connectivity index (χ1v) is 37.4. The number of halogens is 2. The van der Waals surface area contributed by atoms with Crippen molar-refractivity contribution in [2.24, 2.45) is 5.92 Å². The molecule has 2 saturated carbocycles. The van der Waals surface area contributed by atoms with Crippen LogP contribution in [0.25, 0.3) is 34.4 Å². The Morgan fingerprint density at radius 1 is 0.604 bits per heavy atom. The van der Waals surface area contributed by atoms with Gasteiger partial charge in [0, 0.05) is 0 Å². The molecule has 4 heteroatoms. The molecule has 0 bridgehead atoms. The van der Waals surface area contributed by atoms with Crippen molar-refractivity contribution in [1.82, 2.24) is 0 Å². The third-order valence-electron chi connectivity index (χ3n) is 14.1. The molecule has 277 valence electrons. The minimum absolute atomic E-state index is 0.104. The van der Waals surface area contributed by atoms with Crippen LogP contribution in [0.4, 0.5) is 0 Å². The summed E-state index contributed by atoms with van der Waals surface area (Å²) in [5, 5.41) is 0. The molecule has 0 saturated heterocycles. The summed E-state index contributed by atoms with van der Waals surface area (Å²) in [7, 11) is 17.6. The zero-order valence-corrected chi connectivity index (χ0v) is 37.9. The molecule has 53 heavy (non-hydrogen) atoms. The summed E-state index contributed by atoms with van der Waals surface area (Å²) in [5.74, 6) is 0.147. The van der Waals surface area contributed by atoms with Gasteiger partial charge >= 0.3 is 332 Å². The molecule has 4 aliphatic carbocycles. The van der Waals surface area contributed by atoms with E-state index < -0.39 is 21.5 Å². The summed E-state index contributed by atoms with van der Waals surface area (Å²) in [4.78, 5) is 0. The first-order valence-electron chi connectivity index (χ1n) is 21.1. The van der Waals surface area contributed by atoms with E-state index in [1.807, 2.05) is 0 Å². The zero-order chi connectivity index (χ0) is 36.9. The molecule has 4 aromatic carbocycles. The van der Waals surface area contributed by atoms with E-state index >= 15 is 0 Å². The first-order chi connectivity index (χ1) is 25.6. The maximum atomic E-state index is 8.78. The molecule has 0 N–H and O–H groups in total. The third-order valence-corrected chi connectivity index (χ3v) is 65.9. The third kappa shape index (κ3) is 6.62. The molecule has 0 aromatic heterocycles. The predicted octanol–water partition coefficient (Wildman–Crippen LogP) is 15.7. The van der Waals surface area contributed by atoms with Crippen LogP contribution in [0, 0.1) is 5.92 Å². The fourth-order valence-corrected chi connectivity index (χ4v) is 42.7. The van der Waals surface area contributed by atoms with Crippen LogP contribution in [0.5, 0.6) is 0 Å². The Kier molecular flexibility index (Phi) is 10.9. The second kappa shape index (κ2) is 15.2. The summed E-state index contributed by atoms with van der Waals surface area (Å²) in [6.07, 6.45) is 19.6. The molecule has 2 atom stereocenters. The molecule has 0 spiro atoms. The molecular weight excluding hydrogens is 779 g/mol. The SMILES string of the molecule is CCC1=Cc2c(-c3ccc(C4CCCCC4)cc3)cccc2[CH]1[Zr]([Cl])([Cl])([CH]1C(C(C)C)=Cc2c(-c3ccc(C4CCCCC4)cc3)cccc21)[SiH](C)C. The molecular formula is C49H59Cl2SiZr. The van der Waals surface area contributed by atoms with E-state index in [9.17, 15) is 0 Å². The van der Waals surface area contributed by atoms with E-state index in [1.165, 1.54) is 131 Å². The van der Waals surface area contributed by atoms with Gasteiger partial charge < -0.3 is 0 Å². The average Bonchev–Trinajstić information content (AvgIpc) is 3.80. The summed E-state index contributed by atoms with van der Waals surface area (Å²) in [6.45, 7) is 12.0. The van der Waals surface area contributed by atoms with Crippen molar-refractivity contribution in [2.75, 3.05) is 0 Å². The molecule has 0 radical (unpaired) electrons. The van der Waals surface area contributed by atoms with E-state index in [-0.39, 0.29) is 7.25 Å². The number of fused-ring (bicyclic) bond motifs is 2. The number of hydrogen-bond acceptors (Lipinski definition) is 0. The van der Waals surface area contributed by atoms with Gasteiger partial charge in [0.05, 0.1) is 0 Å². The van der Waals surface area contributed by atoms with Crippen LogP contribution in [0.3, 0.4) is 0 Å². The van der Waals surface area contributed by atoms with Crippen molar-refractivity contribution in [3.63, 3.8) is 0 Å². The molecule has 0 amide bonds. The first kappa shape index (κ1) is 37.9. The Labute approximate surface area is 329 Å². The Hall–Kier alpha value is -1.96.